The van der Waals surface area contributed by atoms with E-state index in [0.717, 1.165) is 25.0 Å². The summed E-state index contributed by atoms with van der Waals surface area (Å²) in [6.45, 7) is 0. The summed E-state index contributed by atoms with van der Waals surface area (Å²) in [5, 5.41) is 0. The van der Waals surface area contributed by atoms with E-state index in [1.807, 2.05) is 36.4 Å². The van der Waals surface area contributed by atoms with Crippen molar-refractivity contribution in [3.8, 4) is 0 Å². The third-order valence-corrected chi connectivity index (χ3v) is 4.97. The summed E-state index contributed by atoms with van der Waals surface area (Å²) in [6, 6.07) is 8.96. The van der Waals surface area contributed by atoms with E-state index in [1.165, 1.54) is 24.7 Å². The second kappa shape index (κ2) is 17.8. The maximum Gasteiger partial charge on any atom is 4.00 e. The van der Waals surface area contributed by atoms with Crippen LogP contribution >= 0.6 is 0 Å². The van der Waals surface area contributed by atoms with Crippen LogP contribution in [0.5, 0.6) is 0 Å². The molecule has 39 heavy (non-hydrogen) atoms. The molecule has 0 spiro atoms. The van der Waals surface area contributed by atoms with Crippen molar-refractivity contribution in [3.05, 3.63) is 168 Å². The fourth-order valence-electron chi connectivity index (χ4n) is 3.15. The second-order valence-electron chi connectivity index (χ2n) is 7.70. The number of ether oxygens (including phenoxy) is 2. The zero-order valence-electron chi connectivity index (χ0n) is 20.8. The SMILES string of the molecule is Fc1[c-]c(F)c(C2C=CC=CO2)cc1.Fc1[c-]c(F)c(C2C=CC=CO2)cc1.[C-]1=CC=CC1.[C-]1=CC=CC1.[Ti+4]. The first-order chi connectivity index (χ1) is 18.5. The van der Waals surface area contributed by atoms with Gasteiger partial charge in [0.05, 0.1) is 12.5 Å². The van der Waals surface area contributed by atoms with Crippen LogP contribution in [-0.4, -0.2) is 0 Å². The Kier molecular flexibility index (Phi) is 14.4. The minimum atomic E-state index is -0.713. The fourth-order valence-corrected chi connectivity index (χ4v) is 3.15. The van der Waals surface area contributed by atoms with Gasteiger partial charge >= 0.3 is 21.7 Å². The summed E-state index contributed by atoms with van der Waals surface area (Å²) >= 11 is 0. The monoisotopic (exact) mass is 564 g/mol. The van der Waals surface area contributed by atoms with Crippen molar-refractivity contribution in [1.29, 1.82) is 0 Å². The largest absolute Gasteiger partial charge is 4.00 e. The van der Waals surface area contributed by atoms with Crippen molar-refractivity contribution in [2.24, 2.45) is 0 Å². The van der Waals surface area contributed by atoms with Crippen LogP contribution in [0.1, 0.15) is 36.2 Å². The van der Waals surface area contributed by atoms with Crippen LogP contribution in [0, 0.1) is 47.6 Å². The van der Waals surface area contributed by atoms with Gasteiger partial charge in [0.15, 0.2) is 0 Å². The van der Waals surface area contributed by atoms with Crippen LogP contribution in [0.25, 0.3) is 0 Å². The molecule has 0 fully saturated rings. The van der Waals surface area contributed by atoms with Crippen LogP contribution in [0.4, 0.5) is 17.6 Å². The number of allylic oxidation sites excluding steroid dienone is 12. The quantitative estimate of drug-likeness (QED) is 0.207. The van der Waals surface area contributed by atoms with Crippen LogP contribution in [0.15, 0.2) is 110 Å². The smallest absolute Gasteiger partial charge is 0.501 e. The molecule has 0 saturated heterocycles. The Morgan fingerprint density at radius 1 is 0.590 bits per heavy atom. The van der Waals surface area contributed by atoms with E-state index in [4.69, 9.17) is 9.47 Å². The van der Waals surface area contributed by atoms with Crippen molar-refractivity contribution in [2.75, 3.05) is 0 Å². The minimum absolute atomic E-state index is 0. The number of benzene rings is 2. The van der Waals surface area contributed by atoms with E-state index in [2.05, 4.69) is 24.3 Å². The predicted molar refractivity (Wildman–Crippen MR) is 138 cm³/mol. The van der Waals surface area contributed by atoms with E-state index in [1.54, 1.807) is 36.5 Å². The molecule has 2 atom stereocenters. The van der Waals surface area contributed by atoms with Crippen LogP contribution in [0.3, 0.4) is 0 Å². The molecule has 2 aliphatic heterocycles. The molecular formula is C32H24F4O2Ti. The van der Waals surface area contributed by atoms with Crippen molar-refractivity contribution < 1.29 is 48.8 Å². The number of rotatable bonds is 2. The molecule has 196 valence electrons. The van der Waals surface area contributed by atoms with Crippen molar-refractivity contribution in [1.82, 2.24) is 0 Å². The van der Waals surface area contributed by atoms with E-state index in [9.17, 15) is 17.6 Å². The zero-order valence-corrected chi connectivity index (χ0v) is 22.4. The van der Waals surface area contributed by atoms with Gasteiger partial charge in [-0.05, 0) is 12.2 Å². The van der Waals surface area contributed by atoms with Gasteiger partial charge in [0.1, 0.15) is 12.2 Å². The average molecular weight is 564 g/mol. The second-order valence-corrected chi connectivity index (χ2v) is 7.70. The van der Waals surface area contributed by atoms with Gasteiger partial charge in [-0.1, -0.05) is 35.4 Å². The molecule has 2 heterocycles. The fraction of sp³-hybridized carbons (Fsp3) is 0.125. The molecule has 0 radical (unpaired) electrons. The maximum absolute atomic E-state index is 13.2. The molecule has 4 aliphatic rings. The summed E-state index contributed by atoms with van der Waals surface area (Å²) in [4.78, 5) is 0. The first kappa shape index (κ1) is 31.6. The van der Waals surface area contributed by atoms with Gasteiger partial charge in [-0.15, -0.1) is 37.1 Å². The maximum atomic E-state index is 13.2. The third kappa shape index (κ3) is 11.3. The van der Waals surface area contributed by atoms with Crippen molar-refractivity contribution >= 4 is 0 Å². The molecule has 0 bridgehead atoms. The topological polar surface area (TPSA) is 18.5 Å². The van der Waals surface area contributed by atoms with Crippen LogP contribution in [0.2, 0.25) is 0 Å². The molecule has 2 unspecified atom stereocenters. The molecule has 2 nitrogen and oxygen atoms in total. The molecule has 2 aliphatic carbocycles. The van der Waals surface area contributed by atoms with Crippen molar-refractivity contribution in [2.45, 2.75) is 25.0 Å². The third-order valence-electron chi connectivity index (χ3n) is 4.97. The first-order valence-electron chi connectivity index (χ1n) is 11.7. The van der Waals surface area contributed by atoms with Gasteiger partial charge in [-0.3, -0.25) is 12.2 Å². The van der Waals surface area contributed by atoms with E-state index in [-0.39, 0.29) is 32.8 Å². The summed E-state index contributed by atoms with van der Waals surface area (Å²) in [7, 11) is 0. The molecule has 0 saturated carbocycles. The Hall–Kier alpha value is -3.61. The zero-order chi connectivity index (χ0) is 27.0. The molecule has 7 heteroatoms. The molecule has 6 rings (SSSR count). The van der Waals surface area contributed by atoms with E-state index < -0.39 is 35.5 Å². The molecule has 0 amide bonds. The average Bonchev–Trinajstić information content (AvgIpc) is 3.70. The standard InChI is InChI=1S/2C11H7F2O.2C5H5.Ti/c2*12-8-4-5-9(10(13)7-8)11-3-1-2-6-14-11;2*1-2-4-5-3-1;/h2*1-6,11H;2*1-3H,4H2;/q4*-1;+4. The summed E-state index contributed by atoms with van der Waals surface area (Å²) < 4.78 is 61.8. The Bertz CT molecular complexity index is 1170. The first-order valence-corrected chi connectivity index (χ1v) is 11.7. The van der Waals surface area contributed by atoms with Gasteiger partial charge in [-0.25, -0.2) is 41.9 Å². The van der Waals surface area contributed by atoms with Gasteiger partial charge in [-0.2, -0.15) is 24.3 Å². The Labute approximate surface area is 241 Å². The molecule has 0 N–H and O–H groups in total. The number of hydrogen-bond acceptors (Lipinski definition) is 2. The molecule has 2 aromatic rings. The summed E-state index contributed by atoms with van der Waals surface area (Å²) in [5.41, 5.74) is 0.569. The number of halogens is 4. The summed E-state index contributed by atoms with van der Waals surface area (Å²) in [5.74, 6) is -2.84. The predicted octanol–water partition coefficient (Wildman–Crippen LogP) is 8.42. The van der Waals surface area contributed by atoms with Crippen LogP contribution < -0.4 is 0 Å². The van der Waals surface area contributed by atoms with Gasteiger partial charge in [0, 0.05) is 23.3 Å². The van der Waals surface area contributed by atoms with E-state index in [0.29, 0.717) is 0 Å². The van der Waals surface area contributed by atoms with Gasteiger partial charge in [0.25, 0.3) is 0 Å². The minimum Gasteiger partial charge on any atom is -0.501 e. The normalized spacial score (nSPS) is 18.5. The Balaban J connectivity index is 0.000000199. The Morgan fingerprint density at radius 3 is 1.28 bits per heavy atom. The summed E-state index contributed by atoms with van der Waals surface area (Å²) in [6.07, 6.45) is 32.2. The van der Waals surface area contributed by atoms with Gasteiger partial charge < -0.3 is 9.47 Å². The Morgan fingerprint density at radius 2 is 1.03 bits per heavy atom. The molecule has 2 aromatic carbocycles. The molecular weight excluding hydrogens is 540 g/mol. The van der Waals surface area contributed by atoms with Gasteiger partial charge in [0.2, 0.25) is 0 Å². The van der Waals surface area contributed by atoms with Crippen LogP contribution in [-0.2, 0) is 31.2 Å². The molecule has 0 aromatic heterocycles. The number of hydrogen-bond donors (Lipinski definition) is 0. The van der Waals surface area contributed by atoms with E-state index >= 15 is 0 Å². The van der Waals surface area contributed by atoms with Crippen molar-refractivity contribution in [3.63, 3.8) is 0 Å².